The van der Waals surface area contributed by atoms with E-state index in [1.54, 1.807) is 0 Å². The van der Waals surface area contributed by atoms with Crippen LogP contribution in [0.2, 0.25) is 0 Å². The molecular weight excluding hydrogens is 355 g/mol. The minimum absolute atomic E-state index is 0.0204. The third-order valence-electron chi connectivity index (χ3n) is 2.93. The highest BCUT2D eigenvalue weighted by atomic mass is 32.1. The Morgan fingerprint density at radius 1 is 1.04 bits per heavy atom. The monoisotopic (exact) mass is 369 g/mol. The fourth-order valence-electron chi connectivity index (χ4n) is 1.84. The lowest BCUT2D eigenvalue weighted by Crippen LogP contribution is -2.44. The fourth-order valence-corrected chi connectivity index (χ4v) is 2.01. The van der Waals surface area contributed by atoms with Crippen LogP contribution in [0.1, 0.15) is 5.56 Å². The van der Waals surface area contributed by atoms with Gasteiger partial charge in [0.05, 0.1) is 6.42 Å². The first kappa shape index (κ1) is 18.5. The van der Waals surface area contributed by atoms with Crippen LogP contribution in [0.25, 0.3) is 0 Å². The molecule has 0 aliphatic carbocycles. The molecule has 0 spiro atoms. The molecule has 25 heavy (non-hydrogen) atoms. The largest absolute Gasteiger partial charge is 0.435 e. The molecule has 2 aromatic carbocycles. The van der Waals surface area contributed by atoms with Crippen molar-refractivity contribution in [3.05, 3.63) is 59.9 Å². The van der Waals surface area contributed by atoms with Crippen molar-refractivity contribution < 1.29 is 22.7 Å². The molecule has 0 aromatic heterocycles. The number of ether oxygens (including phenoxy) is 1. The molecule has 132 valence electrons. The van der Waals surface area contributed by atoms with Crippen LogP contribution in [0, 0.1) is 5.82 Å². The Hall–Kier alpha value is -2.81. The summed E-state index contributed by atoms with van der Waals surface area (Å²) in [5.41, 5.74) is 6.07. The standard InChI is InChI=1S/C16H14F3N3O2S/c17-11-3-1-10(2-4-11)9-14(23)21-22-16(25)20-12-5-7-13(8-6-12)24-15(18)19/h1-8,15H,9H2,(H,21,23)(H2,20,22,25). The van der Waals surface area contributed by atoms with Crippen molar-refractivity contribution in [2.45, 2.75) is 13.0 Å². The maximum atomic E-state index is 12.8. The number of halogens is 3. The van der Waals surface area contributed by atoms with Gasteiger partial charge in [-0.2, -0.15) is 8.78 Å². The van der Waals surface area contributed by atoms with Crippen LogP contribution in [0.15, 0.2) is 48.5 Å². The van der Waals surface area contributed by atoms with Gasteiger partial charge in [0.2, 0.25) is 5.91 Å². The lowest BCUT2D eigenvalue weighted by Gasteiger charge is -2.12. The maximum Gasteiger partial charge on any atom is 0.387 e. The van der Waals surface area contributed by atoms with Crippen LogP contribution in [-0.4, -0.2) is 17.6 Å². The van der Waals surface area contributed by atoms with E-state index in [0.717, 1.165) is 0 Å². The minimum atomic E-state index is -2.89. The van der Waals surface area contributed by atoms with E-state index < -0.39 is 6.61 Å². The van der Waals surface area contributed by atoms with E-state index in [9.17, 15) is 18.0 Å². The lowest BCUT2D eigenvalue weighted by molar-refractivity contribution is -0.121. The van der Waals surface area contributed by atoms with Crippen LogP contribution in [0.3, 0.4) is 0 Å². The van der Waals surface area contributed by atoms with Crippen molar-refractivity contribution in [2.75, 3.05) is 5.32 Å². The highest BCUT2D eigenvalue weighted by molar-refractivity contribution is 7.80. The number of carbonyl (C=O) groups excluding carboxylic acids is 1. The highest BCUT2D eigenvalue weighted by Gasteiger charge is 2.06. The fraction of sp³-hybridized carbons (Fsp3) is 0.125. The Kier molecular flexibility index (Phi) is 6.58. The molecule has 0 atom stereocenters. The van der Waals surface area contributed by atoms with E-state index in [1.165, 1.54) is 48.5 Å². The Bertz CT molecular complexity index is 724. The molecule has 0 heterocycles. The average Bonchev–Trinajstić information content (AvgIpc) is 2.56. The van der Waals surface area contributed by atoms with Gasteiger partial charge in [-0.3, -0.25) is 15.6 Å². The molecule has 2 aromatic rings. The first-order chi connectivity index (χ1) is 11.9. The van der Waals surface area contributed by atoms with E-state index in [4.69, 9.17) is 12.2 Å². The van der Waals surface area contributed by atoms with Gasteiger partial charge in [-0.25, -0.2) is 4.39 Å². The number of benzene rings is 2. The van der Waals surface area contributed by atoms with E-state index in [0.29, 0.717) is 11.3 Å². The lowest BCUT2D eigenvalue weighted by atomic mass is 10.1. The molecule has 0 saturated heterocycles. The van der Waals surface area contributed by atoms with E-state index >= 15 is 0 Å². The second-order valence-corrected chi connectivity index (χ2v) is 5.24. The average molecular weight is 369 g/mol. The summed E-state index contributed by atoms with van der Waals surface area (Å²) >= 11 is 5.00. The summed E-state index contributed by atoms with van der Waals surface area (Å²) in [6.07, 6.45) is 0.0511. The normalized spacial score (nSPS) is 10.2. The van der Waals surface area contributed by atoms with Crippen LogP contribution in [0.4, 0.5) is 18.9 Å². The van der Waals surface area contributed by atoms with Gasteiger partial charge in [-0.1, -0.05) is 12.1 Å². The number of anilines is 1. The zero-order valence-electron chi connectivity index (χ0n) is 12.8. The molecule has 3 N–H and O–H groups in total. The summed E-state index contributed by atoms with van der Waals surface area (Å²) in [7, 11) is 0. The Morgan fingerprint density at radius 2 is 1.68 bits per heavy atom. The number of carbonyl (C=O) groups is 1. The molecule has 2 rings (SSSR count). The number of rotatable bonds is 5. The molecule has 0 unspecified atom stereocenters. The summed E-state index contributed by atoms with van der Waals surface area (Å²) in [6, 6.07) is 11.2. The van der Waals surface area contributed by atoms with Crippen molar-refractivity contribution >= 4 is 28.9 Å². The zero-order valence-corrected chi connectivity index (χ0v) is 13.6. The van der Waals surface area contributed by atoms with Crippen LogP contribution in [0.5, 0.6) is 5.75 Å². The van der Waals surface area contributed by atoms with Gasteiger partial charge < -0.3 is 10.1 Å². The predicted molar refractivity (Wildman–Crippen MR) is 90.7 cm³/mol. The highest BCUT2D eigenvalue weighted by Crippen LogP contribution is 2.17. The molecule has 0 radical (unpaired) electrons. The topological polar surface area (TPSA) is 62.4 Å². The second kappa shape index (κ2) is 8.88. The van der Waals surface area contributed by atoms with Gasteiger partial charge in [0.25, 0.3) is 0 Å². The van der Waals surface area contributed by atoms with Gasteiger partial charge in [-0.15, -0.1) is 0 Å². The van der Waals surface area contributed by atoms with E-state index in [1.807, 2.05) is 0 Å². The first-order valence-corrected chi connectivity index (χ1v) is 7.48. The Morgan fingerprint density at radius 3 is 2.28 bits per heavy atom. The van der Waals surface area contributed by atoms with Crippen LogP contribution < -0.4 is 20.9 Å². The smallest absolute Gasteiger partial charge is 0.387 e. The van der Waals surface area contributed by atoms with Crippen LogP contribution in [-0.2, 0) is 11.2 Å². The van der Waals surface area contributed by atoms with Gasteiger partial charge in [0, 0.05) is 5.69 Å². The van der Waals surface area contributed by atoms with Crippen molar-refractivity contribution in [3.8, 4) is 5.75 Å². The summed E-state index contributed by atoms with van der Waals surface area (Å²) in [6.45, 7) is -2.89. The molecule has 5 nitrogen and oxygen atoms in total. The van der Waals surface area contributed by atoms with Gasteiger partial charge in [0.15, 0.2) is 5.11 Å². The number of nitrogens with one attached hydrogen (secondary N) is 3. The van der Waals surface area contributed by atoms with Crippen molar-refractivity contribution in [2.24, 2.45) is 0 Å². The predicted octanol–water partition coefficient (Wildman–Crippen LogP) is 2.99. The summed E-state index contributed by atoms with van der Waals surface area (Å²) in [4.78, 5) is 11.8. The van der Waals surface area contributed by atoms with Crippen molar-refractivity contribution in [3.63, 3.8) is 0 Å². The second-order valence-electron chi connectivity index (χ2n) is 4.83. The molecule has 0 saturated carbocycles. The molecule has 0 fully saturated rings. The number of hydrazine groups is 1. The molecular formula is C16H14F3N3O2S. The Balaban J connectivity index is 1.76. The molecule has 0 bridgehead atoms. The summed E-state index contributed by atoms with van der Waals surface area (Å²) < 4.78 is 41.1. The zero-order chi connectivity index (χ0) is 18.2. The maximum absolute atomic E-state index is 12.8. The molecule has 0 aliphatic heterocycles. The third kappa shape index (κ3) is 6.68. The number of alkyl halides is 2. The van der Waals surface area contributed by atoms with Gasteiger partial charge >= 0.3 is 6.61 Å². The van der Waals surface area contributed by atoms with E-state index in [2.05, 4.69) is 20.9 Å². The van der Waals surface area contributed by atoms with Crippen LogP contribution >= 0.6 is 12.2 Å². The Labute approximate surface area is 147 Å². The third-order valence-corrected chi connectivity index (χ3v) is 3.13. The number of hydrogen-bond donors (Lipinski definition) is 3. The van der Waals surface area contributed by atoms with Gasteiger partial charge in [0.1, 0.15) is 11.6 Å². The summed E-state index contributed by atoms with van der Waals surface area (Å²) in [5.74, 6) is -0.721. The number of amides is 1. The van der Waals surface area contributed by atoms with Gasteiger partial charge in [-0.05, 0) is 54.2 Å². The van der Waals surface area contributed by atoms with Crippen molar-refractivity contribution in [1.82, 2.24) is 10.9 Å². The SMILES string of the molecule is O=C(Cc1ccc(F)cc1)NNC(=S)Nc1ccc(OC(F)F)cc1. The molecule has 9 heteroatoms. The quantitative estimate of drug-likeness (QED) is 0.559. The number of hydrogen-bond acceptors (Lipinski definition) is 3. The number of thiocarbonyl (C=S) groups is 1. The molecule has 1 amide bonds. The minimum Gasteiger partial charge on any atom is -0.435 e. The summed E-state index contributed by atoms with van der Waals surface area (Å²) in [5, 5.41) is 2.87. The van der Waals surface area contributed by atoms with Crippen molar-refractivity contribution in [1.29, 1.82) is 0 Å². The first-order valence-electron chi connectivity index (χ1n) is 7.07. The van der Waals surface area contributed by atoms with E-state index in [-0.39, 0.29) is 29.0 Å². The molecule has 0 aliphatic rings.